The number of halogens is 1. The van der Waals surface area contributed by atoms with Crippen LogP contribution in [-0.2, 0) is 13.0 Å². The minimum atomic E-state index is 0.448. The SMILES string of the molecule is CCc1c(CN)cc(OC)c(OC)c1Cl. The largest absolute Gasteiger partial charge is 0.493 e. The van der Waals surface area contributed by atoms with E-state index in [4.69, 9.17) is 26.8 Å². The molecule has 0 aliphatic rings. The lowest BCUT2D eigenvalue weighted by molar-refractivity contribution is 0.354. The lowest BCUT2D eigenvalue weighted by Crippen LogP contribution is -2.04. The van der Waals surface area contributed by atoms with E-state index in [9.17, 15) is 0 Å². The van der Waals surface area contributed by atoms with Crippen LogP contribution >= 0.6 is 11.6 Å². The third-order valence-electron chi connectivity index (χ3n) is 2.38. The first kappa shape index (κ1) is 12.1. The van der Waals surface area contributed by atoms with Crippen molar-refractivity contribution in [3.63, 3.8) is 0 Å². The molecule has 0 aromatic heterocycles. The van der Waals surface area contributed by atoms with Crippen molar-refractivity contribution in [2.75, 3.05) is 14.2 Å². The normalized spacial score (nSPS) is 10.2. The van der Waals surface area contributed by atoms with Crippen molar-refractivity contribution in [1.29, 1.82) is 0 Å². The number of hydrogen-bond acceptors (Lipinski definition) is 3. The van der Waals surface area contributed by atoms with Crippen LogP contribution < -0.4 is 15.2 Å². The van der Waals surface area contributed by atoms with E-state index in [2.05, 4.69) is 0 Å². The summed E-state index contributed by atoms with van der Waals surface area (Å²) in [6.07, 6.45) is 0.825. The summed E-state index contributed by atoms with van der Waals surface area (Å²) in [7, 11) is 3.16. The molecule has 0 aliphatic heterocycles. The highest BCUT2D eigenvalue weighted by molar-refractivity contribution is 6.33. The second-order valence-corrected chi connectivity index (χ2v) is 3.50. The van der Waals surface area contributed by atoms with E-state index < -0.39 is 0 Å². The standard InChI is InChI=1S/C11H16ClNO2/c1-4-8-7(6-13)5-9(14-2)11(15-3)10(8)12/h5H,4,6,13H2,1-3H3. The zero-order valence-corrected chi connectivity index (χ0v) is 10.0. The highest BCUT2D eigenvalue weighted by Crippen LogP contribution is 2.39. The number of benzene rings is 1. The molecule has 0 saturated heterocycles. The van der Waals surface area contributed by atoms with Crippen LogP contribution in [0.4, 0.5) is 0 Å². The molecular weight excluding hydrogens is 214 g/mol. The average Bonchev–Trinajstić information content (AvgIpc) is 2.27. The molecule has 1 aromatic carbocycles. The molecule has 1 aromatic rings. The van der Waals surface area contributed by atoms with Crippen LogP contribution in [0.15, 0.2) is 6.07 Å². The predicted molar refractivity (Wildman–Crippen MR) is 61.8 cm³/mol. The summed E-state index contributed by atoms with van der Waals surface area (Å²) in [5, 5.41) is 0.597. The van der Waals surface area contributed by atoms with Gasteiger partial charge in [0.1, 0.15) is 0 Å². The summed E-state index contributed by atoms with van der Waals surface area (Å²) >= 11 is 6.22. The number of rotatable bonds is 4. The Morgan fingerprint density at radius 1 is 1.33 bits per heavy atom. The molecule has 3 nitrogen and oxygen atoms in total. The summed E-state index contributed by atoms with van der Waals surface area (Å²) in [4.78, 5) is 0. The molecule has 0 saturated carbocycles. The number of hydrogen-bond donors (Lipinski definition) is 1. The second-order valence-electron chi connectivity index (χ2n) is 3.12. The summed E-state index contributed by atoms with van der Waals surface area (Å²) in [5.74, 6) is 1.20. The molecule has 1 rings (SSSR count). The summed E-state index contributed by atoms with van der Waals surface area (Å²) < 4.78 is 10.4. The van der Waals surface area contributed by atoms with Gasteiger partial charge in [-0.3, -0.25) is 0 Å². The fourth-order valence-electron chi connectivity index (χ4n) is 1.60. The van der Waals surface area contributed by atoms with Crippen LogP contribution in [-0.4, -0.2) is 14.2 Å². The first-order valence-electron chi connectivity index (χ1n) is 4.81. The first-order valence-corrected chi connectivity index (χ1v) is 5.19. The Morgan fingerprint density at radius 3 is 2.40 bits per heavy atom. The number of ether oxygens (including phenoxy) is 2. The van der Waals surface area contributed by atoms with E-state index in [0.717, 1.165) is 17.5 Å². The quantitative estimate of drug-likeness (QED) is 0.862. The van der Waals surface area contributed by atoms with Gasteiger partial charge >= 0.3 is 0 Å². The van der Waals surface area contributed by atoms with Gasteiger partial charge in [0.2, 0.25) is 0 Å². The molecular formula is C11H16ClNO2. The highest BCUT2D eigenvalue weighted by Gasteiger charge is 2.15. The topological polar surface area (TPSA) is 44.5 Å². The molecule has 0 aliphatic carbocycles. The number of nitrogens with two attached hydrogens (primary N) is 1. The summed E-state index contributed by atoms with van der Waals surface area (Å²) in [6, 6.07) is 1.88. The Bertz CT molecular complexity index is 323. The maximum absolute atomic E-state index is 6.22. The fourth-order valence-corrected chi connectivity index (χ4v) is 2.03. The molecule has 2 N–H and O–H groups in total. The van der Waals surface area contributed by atoms with E-state index in [1.807, 2.05) is 13.0 Å². The maximum Gasteiger partial charge on any atom is 0.179 e. The van der Waals surface area contributed by atoms with E-state index in [0.29, 0.717) is 23.1 Å². The second kappa shape index (κ2) is 5.24. The Morgan fingerprint density at radius 2 is 2.00 bits per heavy atom. The zero-order valence-electron chi connectivity index (χ0n) is 9.26. The van der Waals surface area contributed by atoms with Crippen LogP contribution in [0, 0.1) is 0 Å². The maximum atomic E-state index is 6.22. The van der Waals surface area contributed by atoms with Gasteiger partial charge in [-0.05, 0) is 23.6 Å². The smallest absolute Gasteiger partial charge is 0.179 e. The van der Waals surface area contributed by atoms with Crippen molar-refractivity contribution in [2.45, 2.75) is 19.9 Å². The number of methoxy groups -OCH3 is 2. The molecule has 0 unspecified atom stereocenters. The Balaban J connectivity index is 3.41. The van der Waals surface area contributed by atoms with Crippen LogP contribution in [0.3, 0.4) is 0 Å². The molecule has 15 heavy (non-hydrogen) atoms. The molecule has 0 fully saturated rings. The van der Waals surface area contributed by atoms with Gasteiger partial charge in [0, 0.05) is 6.54 Å². The lowest BCUT2D eigenvalue weighted by Gasteiger charge is -2.15. The molecule has 0 heterocycles. The van der Waals surface area contributed by atoms with Gasteiger partial charge in [-0.1, -0.05) is 18.5 Å². The van der Waals surface area contributed by atoms with Gasteiger partial charge in [-0.15, -0.1) is 0 Å². The van der Waals surface area contributed by atoms with Gasteiger partial charge in [0.25, 0.3) is 0 Å². The fraction of sp³-hybridized carbons (Fsp3) is 0.455. The predicted octanol–water partition coefficient (Wildman–Crippen LogP) is 2.38. The van der Waals surface area contributed by atoms with Crippen LogP contribution in [0.5, 0.6) is 11.5 Å². The van der Waals surface area contributed by atoms with Crippen LogP contribution in [0.25, 0.3) is 0 Å². The average molecular weight is 230 g/mol. The van der Waals surface area contributed by atoms with Crippen molar-refractivity contribution < 1.29 is 9.47 Å². The molecule has 0 atom stereocenters. The van der Waals surface area contributed by atoms with Crippen molar-refractivity contribution in [3.8, 4) is 11.5 Å². The van der Waals surface area contributed by atoms with Crippen molar-refractivity contribution in [2.24, 2.45) is 5.73 Å². The van der Waals surface area contributed by atoms with E-state index in [1.165, 1.54) is 0 Å². The molecule has 0 spiro atoms. The van der Waals surface area contributed by atoms with Gasteiger partial charge < -0.3 is 15.2 Å². The first-order chi connectivity index (χ1) is 7.19. The van der Waals surface area contributed by atoms with Crippen molar-refractivity contribution in [3.05, 3.63) is 22.2 Å². The van der Waals surface area contributed by atoms with Crippen molar-refractivity contribution in [1.82, 2.24) is 0 Å². The molecule has 0 bridgehead atoms. The molecule has 0 radical (unpaired) electrons. The lowest BCUT2D eigenvalue weighted by atomic mass is 10.0. The molecule has 0 amide bonds. The zero-order chi connectivity index (χ0) is 11.4. The van der Waals surface area contributed by atoms with Gasteiger partial charge in [-0.2, -0.15) is 0 Å². The van der Waals surface area contributed by atoms with E-state index in [1.54, 1.807) is 14.2 Å². The minimum Gasteiger partial charge on any atom is -0.493 e. The van der Waals surface area contributed by atoms with Gasteiger partial charge in [0.05, 0.1) is 19.2 Å². The van der Waals surface area contributed by atoms with Crippen molar-refractivity contribution >= 4 is 11.6 Å². The van der Waals surface area contributed by atoms with Gasteiger partial charge in [0.15, 0.2) is 11.5 Å². The Labute approximate surface area is 95.1 Å². The van der Waals surface area contributed by atoms with E-state index >= 15 is 0 Å². The summed E-state index contributed by atoms with van der Waals surface area (Å²) in [5.41, 5.74) is 7.68. The molecule has 84 valence electrons. The van der Waals surface area contributed by atoms with Crippen LogP contribution in [0.2, 0.25) is 5.02 Å². The Hall–Kier alpha value is -0.930. The highest BCUT2D eigenvalue weighted by atomic mass is 35.5. The van der Waals surface area contributed by atoms with Crippen LogP contribution in [0.1, 0.15) is 18.1 Å². The monoisotopic (exact) mass is 229 g/mol. The third kappa shape index (κ3) is 2.19. The van der Waals surface area contributed by atoms with E-state index in [-0.39, 0.29) is 0 Å². The summed E-state index contributed by atoms with van der Waals surface area (Å²) in [6.45, 7) is 2.48. The minimum absolute atomic E-state index is 0.448. The molecule has 4 heteroatoms. The Kier molecular flexibility index (Phi) is 4.24. The third-order valence-corrected chi connectivity index (χ3v) is 2.78. The van der Waals surface area contributed by atoms with Gasteiger partial charge in [-0.25, -0.2) is 0 Å².